The first-order valence-electron chi connectivity index (χ1n) is 38.4. The van der Waals surface area contributed by atoms with Gasteiger partial charge in [-0.2, -0.15) is 9.78 Å². The van der Waals surface area contributed by atoms with Crippen LogP contribution < -0.4 is 19.2 Å². The molecule has 11 atom stereocenters. The number of phenolic OH excluding ortho intramolecular Hbond substituents is 29. The molecule has 5 aliphatic heterocycles. The molecule has 30 N–H and O–H groups in total. The second-order valence-corrected chi connectivity index (χ2v) is 30.0. The molecule has 2 saturated heterocycles. The molecule has 0 aromatic heterocycles. The lowest BCUT2D eigenvalue weighted by molar-refractivity contribution is -0.339. The van der Waals surface area contributed by atoms with Gasteiger partial charge in [0, 0.05) is 59.9 Å². The van der Waals surface area contributed by atoms with Crippen molar-refractivity contribution in [1.29, 1.82) is 0 Å². The summed E-state index contributed by atoms with van der Waals surface area (Å²) in [6.45, 7) is 0.548. The summed E-state index contributed by atoms with van der Waals surface area (Å²) >= 11 is 0. The van der Waals surface area contributed by atoms with Crippen LogP contribution in [0.2, 0.25) is 0 Å². The Labute approximate surface area is 751 Å². The standard InChI is InChI=1S/C48H38O29.C36H30O23/c1-12-4-17(49)31(55)26(5-12)71-42-15(8-20(52)36(60)41(42)65)47(68)75-48-44-43(73-45(66)13-6-18(50)32(56)37(61)27(13)28-14(46(67)74-44)7-19(51)33(57)38(28)62)16-11-70-77-25-10-22(54)35(59)40(64)30(25)29-24(9-21(53)34(58)39(29)63)76-69-3-2-23(16)72-48;1-9(37)54-36-33(58-35(52)11-4-15(40)26(46)16(41)5-11)32(57-34(51)10-2-13(38)25(45)14(39)3-10)24-20(56-36)8-21(44)55-19-7-18(43)28(48)30(50)23(19)22-12(31(24)59-53)6-17(42)27(47)29(22)49/h4-10,16,23,43-44,48-65H,2-3,11H2,1H3;2-7,20,24,31-33,36,38-43,45-50,53H,8H2,1H3. The molecule has 52 heteroatoms. The third-order valence-corrected chi connectivity index (χ3v) is 21.5. The number of aryl methyl sites for hydroxylation is 1. The van der Waals surface area contributed by atoms with Crippen LogP contribution in [0.3, 0.4) is 0 Å². The van der Waals surface area contributed by atoms with Gasteiger partial charge in [-0.25, -0.2) is 28.9 Å². The third kappa shape index (κ3) is 16.9. The van der Waals surface area contributed by atoms with Gasteiger partial charge in [-0.05, 0) is 67.1 Å². The van der Waals surface area contributed by atoms with Crippen molar-refractivity contribution in [1.82, 2.24) is 0 Å². The maximum atomic E-state index is 14.7. The Hall–Kier alpha value is -18.1. The van der Waals surface area contributed by atoms with Crippen LogP contribution in [-0.2, 0) is 62.1 Å². The van der Waals surface area contributed by atoms with E-state index in [1.165, 1.54) is 6.92 Å². The van der Waals surface area contributed by atoms with Crippen LogP contribution in [0.5, 0.6) is 195 Å². The number of rotatable bonds is 10. The highest BCUT2D eigenvalue weighted by Gasteiger charge is 2.59. The summed E-state index contributed by atoms with van der Waals surface area (Å²) in [5.74, 6) is -53.1. The molecule has 0 bridgehead atoms. The Morgan fingerprint density at radius 1 is 0.375 bits per heavy atom. The number of benzene rings is 10. The fourth-order valence-corrected chi connectivity index (χ4v) is 15.2. The third-order valence-electron chi connectivity index (χ3n) is 21.5. The van der Waals surface area contributed by atoms with Crippen LogP contribution in [0.25, 0.3) is 33.4 Å². The molecule has 0 radical (unpaired) electrons. The van der Waals surface area contributed by atoms with Crippen molar-refractivity contribution in [2.45, 2.75) is 82.0 Å². The monoisotopic (exact) mass is 1910 g/mol. The van der Waals surface area contributed by atoms with E-state index in [2.05, 4.69) is 0 Å². The van der Waals surface area contributed by atoms with Gasteiger partial charge in [0.15, 0.2) is 150 Å². The fraction of sp³-hybridized carbons (Fsp3) is 0.202. The normalized spacial score (nSPS) is 20.0. The van der Waals surface area contributed by atoms with Crippen LogP contribution in [0.15, 0.2) is 78.9 Å². The van der Waals surface area contributed by atoms with Crippen LogP contribution in [-0.4, -0.2) is 258 Å². The molecule has 5 heterocycles. The Balaban J connectivity index is 0.000000226. The van der Waals surface area contributed by atoms with Gasteiger partial charge in [0.25, 0.3) is 0 Å². The Morgan fingerprint density at radius 2 is 0.787 bits per heavy atom. The lowest BCUT2D eigenvalue weighted by Gasteiger charge is -2.46. The number of phenols is 29. The van der Waals surface area contributed by atoms with Crippen molar-refractivity contribution >= 4 is 41.8 Å². The first kappa shape index (κ1) is 94.0. The number of carbonyl (C=O) groups excluding carboxylic acids is 7. The lowest BCUT2D eigenvalue weighted by atomic mass is 9.77. The van der Waals surface area contributed by atoms with Crippen molar-refractivity contribution in [3.05, 3.63) is 118 Å². The first-order valence-corrected chi connectivity index (χ1v) is 38.4. The number of hydrogen-bond acceptors (Lipinski definition) is 52. The summed E-state index contributed by atoms with van der Waals surface area (Å²) in [4.78, 5) is 124. The number of esters is 7. The molecule has 0 amide bonds. The van der Waals surface area contributed by atoms with E-state index >= 15 is 0 Å². The highest BCUT2D eigenvalue weighted by Crippen LogP contribution is 2.62. The van der Waals surface area contributed by atoms with Gasteiger partial charge in [0.05, 0.1) is 76.0 Å². The van der Waals surface area contributed by atoms with Crippen LogP contribution in [0, 0.1) is 18.8 Å². The second-order valence-electron chi connectivity index (χ2n) is 30.0. The molecule has 0 saturated carbocycles. The van der Waals surface area contributed by atoms with E-state index in [1.807, 2.05) is 0 Å². The van der Waals surface area contributed by atoms with E-state index < -0.39 is 397 Å². The van der Waals surface area contributed by atoms with E-state index in [1.54, 1.807) is 0 Å². The quantitative estimate of drug-likeness (QED) is 0.0183. The first-order chi connectivity index (χ1) is 64.1. The molecule has 11 unspecified atom stereocenters. The van der Waals surface area contributed by atoms with Crippen LogP contribution in [0.1, 0.15) is 88.8 Å². The van der Waals surface area contributed by atoms with Gasteiger partial charge >= 0.3 is 41.8 Å². The van der Waals surface area contributed by atoms with Crippen LogP contribution in [0.4, 0.5) is 0 Å². The summed E-state index contributed by atoms with van der Waals surface area (Å²) in [7, 11) is 0. The number of aromatic hydroxyl groups is 29. The van der Waals surface area contributed by atoms with Crippen molar-refractivity contribution in [3.8, 4) is 229 Å². The highest BCUT2D eigenvalue weighted by atomic mass is 17.2. The van der Waals surface area contributed by atoms with Gasteiger partial charge in [-0.1, -0.05) is 0 Å². The number of ether oxygens (including phenoxy) is 10. The number of carbonyl (C=O) groups is 7. The Kier molecular flexibility index (Phi) is 24.8. The minimum absolute atomic E-state index is 0.241. The van der Waals surface area contributed by atoms with Gasteiger partial charge in [0.2, 0.25) is 76.5 Å². The average molecular weight is 1910 g/mol. The largest absolute Gasteiger partial charge is 0.504 e. The van der Waals surface area contributed by atoms with Gasteiger partial charge < -0.3 is 205 Å². The van der Waals surface area contributed by atoms with Gasteiger partial charge in [-0.15, -0.1) is 0 Å². The molecule has 0 aliphatic carbocycles. The molecular formula is C84H68O52. The summed E-state index contributed by atoms with van der Waals surface area (Å²) in [6, 6.07) is 8.52. The molecule has 716 valence electrons. The average Bonchev–Trinajstić information content (AvgIpc) is 0.898. The minimum atomic E-state index is -2.47. The zero-order valence-corrected chi connectivity index (χ0v) is 68.1. The Morgan fingerprint density at radius 3 is 1.29 bits per heavy atom. The van der Waals surface area contributed by atoms with Crippen molar-refractivity contribution in [3.63, 3.8) is 0 Å². The van der Waals surface area contributed by atoms with E-state index in [4.69, 9.17) is 71.8 Å². The zero-order chi connectivity index (χ0) is 99.2. The summed E-state index contributed by atoms with van der Waals surface area (Å²) < 4.78 is 57.0. The van der Waals surface area contributed by atoms with Crippen molar-refractivity contribution in [2.75, 3.05) is 13.2 Å². The van der Waals surface area contributed by atoms with E-state index in [-0.39, 0.29) is 5.56 Å². The molecule has 136 heavy (non-hydrogen) atoms. The SMILES string of the molecule is CC(=O)OC1OC2CC(=O)Oc3cc(O)c(O)c(O)c3-c3c(cc(O)c(O)c3O)C(OO)C2C(OC(=O)c2cc(O)c(O)c(O)c2)C1OC(=O)c1cc(O)c(O)c(O)c1.Cc1cc(O)c(O)c(Oc2c(C(=O)OC3OC4CCOOc5cc(O)c(O)c(O)c5-c5c(cc(O)c(O)c5O)OOCC4C4OC(=O)c5cc(O)c(O)c(O)c5-c5c(cc(O)c(O)c5O)C(=O)OC34)cc(O)c(O)c2O)c1. The van der Waals surface area contributed by atoms with E-state index in [9.17, 15) is 187 Å². The summed E-state index contributed by atoms with van der Waals surface area (Å²) in [5, 5.41) is 317. The number of hydrogen-bond donors (Lipinski definition) is 30. The maximum Gasteiger partial charge on any atom is 0.344 e. The smallest absolute Gasteiger partial charge is 0.344 e. The highest BCUT2D eigenvalue weighted by molar-refractivity contribution is 6.09. The van der Waals surface area contributed by atoms with Crippen LogP contribution >= 0.6 is 0 Å². The molecule has 5 aliphatic rings. The lowest BCUT2D eigenvalue weighted by Crippen LogP contribution is -2.60. The fourth-order valence-electron chi connectivity index (χ4n) is 15.2. The molecule has 52 nitrogen and oxygen atoms in total. The van der Waals surface area contributed by atoms with E-state index in [0.29, 0.717) is 66.7 Å². The minimum Gasteiger partial charge on any atom is -0.504 e. The number of fused-ring (bicyclic) bond motifs is 13. The predicted octanol–water partition coefficient (Wildman–Crippen LogP) is 6.12. The molecule has 2 fully saturated rings. The predicted molar refractivity (Wildman–Crippen MR) is 427 cm³/mol. The molecular weight excluding hydrogens is 1840 g/mol. The van der Waals surface area contributed by atoms with E-state index in [0.717, 1.165) is 19.1 Å². The van der Waals surface area contributed by atoms with Gasteiger partial charge in [-0.3, -0.25) is 14.8 Å². The molecule has 15 rings (SSSR count). The zero-order valence-electron chi connectivity index (χ0n) is 68.1. The summed E-state index contributed by atoms with van der Waals surface area (Å²) in [6.07, 6.45) is -21.5. The second kappa shape index (κ2) is 36.0. The Bertz CT molecular complexity index is 6610. The summed E-state index contributed by atoms with van der Waals surface area (Å²) in [5.41, 5.74) is -10.4. The van der Waals surface area contributed by atoms with Crippen molar-refractivity contribution < 1.29 is 259 Å². The van der Waals surface area contributed by atoms with Gasteiger partial charge in [0.1, 0.15) is 24.0 Å². The molecule has 10 aromatic rings. The molecule has 10 aromatic carbocycles. The maximum absolute atomic E-state index is 14.7. The topological polar surface area (TPSA) is 865 Å². The van der Waals surface area contributed by atoms with Crippen molar-refractivity contribution in [2.24, 2.45) is 11.8 Å². The molecule has 0 spiro atoms.